The molecule has 18 heavy (non-hydrogen) atoms. The first kappa shape index (κ1) is 15.9. The first-order valence-electron chi connectivity index (χ1n) is 7.03. The molecule has 1 aliphatic heterocycles. The van der Waals surface area contributed by atoms with Crippen LogP contribution in [0.5, 0.6) is 0 Å². The van der Waals surface area contributed by atoms with Gasteiger partial charge in [-0.15, -0.1) is 0 Å². The van der Waals surface area contributed by atoms with E-state index < -0.39 is 10.2 Å². The highest BCUT2D eigenvalue weighted by atomic mass is 32.2. The van der Waals surface area contributed by atoms with E-state index in [2.05, 4.69) is 16.5 Å². The number of nitrogens with one attached hydrogen (secondary N) is 1. The van der Waals surface area contributed by atoms with Crippen LogP contribution in [-0.4, -0.2) is 56.4 Å². The molecule has 5 nitrogen and oxygen atoms in total. The van der Waals surface area contributed by atoms with E-state index in [1.165, 1.54) is 4.31 Å². The number of likely N-dealkylation sites (tertiary alicyclic amines) is 1. The molecule has 108 valence electrons. The summed E-state index contributed by atoms with van der Waals surface area (Å²) in [5.41, 5.74) is 0. The Kier molecular flexibility index (Phi) is 6.55. The van der Waals surface area contributed by atoms with Crippen LogP contribution in [0, 0.1) is 0 Å². The normalized spacial score (nSPS) is 19.6. The minimum absolute atomic E-state index is 0.101. The summed E-state index contributed by atoms with van der Waals surface area (Å²) < 4.78 is 28.4. The van der Waals surface area contributed by atoms with Gasteiger partial charge in [-0.3, -0.25) is 0 Å². The zero-order valence-electron chi connectivity index (χ0n) is 11.9. The van der Waals surface area contributed by atoms with Crippen molar-refractivity contribution >= 4 is 10.2 Å². The number of nitrogens with zero attached hydrogens (tertiary/aromatic N) is 2. The van der Waals surface area contributed by atoms with Crippen LogP contribution >= 0.6 is 0 Å². The molecule has 1 fully saturated rings. The summed E-state index contributed by atoms with van der Waals surface area (Å²) in [6.45, 7) is 10.1. The Hall–Kier alpha value is -0.170. The van der Waals surface area contributed by atoms with E-state index in [0.717, 1.165) is 38.9 Å². The minimum atomic E-state index is -3.29. The summed E-state index contributed by atoms with van der Waals surface area (Å²) in [5, 5.41) is 0. The van der Waals surface area contributed by atoms with Crippen LogP contribution in [0.15, 0.2) is 0 Å². The van der Waals surface area contributed by atoms with E-state index in [1.54, 1.807) is 0 Å². The highest BCUT2D eigenvalue weighted by Crippen LogP contribution is 2.12. The Labute approximate surface area is 112 Å². The SMILES string of the molecule is CCCN1CCC(NS(=O)(=O)N(CC)CC)CC1. The standard InChI is InChI=1S/C12H27N3O2S/c1-4-9-14-10-7-12(8-11-14)13-18(16,17)15(5-2)6-3/h12-13H,4-11H2,1-3H3. The third kappa shape index (κ3) is 4.50. The number of rotatable bonds is 7. The van der Waals surface area contributed by atoms with Crippen molar-refractivity contribution in [3.63, 3.8) is 0 Å². The van der Waals surface area contributed by atoms with Gasteiger partial charge < -0.3 is 4.90 Å². The summed E-state index contributed by atoms with van der Waals surface area (Å²) in [6, 6.07) is 0.101. The van der Waals surface area contributed by atoms with Crippen molar-refractivity contribution < 1.29 is 8.42 Å². The third-order valence-electron chi connectivity index (χ3n) is 3.49. The van der Waals surface area contributed by atoms with Crippen molar-refractivity contribution in [2.45, 2.75) is 46.1 Å². The van der Waals surface area contributed by atoms with Gasteiger partial charge in [0.25, 0.3) is 10.2 Å². The summed E-state index contributed by atoms with van der Waals surface area (Å²) in [6.07, 6.45) is 3.00. The van der Waals surface area contributed by atoms with Crippen molar-refractivity contribution in [3.05, 3.63) is 0 Å². The summed E-state index contributed by atoms with van der Waals surface area (Å²) in [5.74, 6) is 0. The van der Waals surface area contributed by atoms with E-state index in [9.17, 15) is 8.42 Å². The largest absolute Gasteiger partial charge is 0.303 e. The summed E-state index contributed by atoms with van der Waals surface area (Å²) in [4.78, 5) is 2.40. The predicted molar refractivity (Wildman–Crippen MR) is 74.7 cm³/mol. The van der Waals surface area contributed by atoms with Gasteiger partial charge >= 0.3 is 0 Å². The molecule has 0 radical (unpaired) electrons. The zero-order valence-corrected chi connectivity index (χ0v) is 12.7. The molecule has 1 heterocycles. The number of hydrogen-bond donors (Lipinski definition) is 1. The van der Waals surface area contributed by atoms with Gasteiger partial charge in [0.15, 0.2) is 0 Å². The van der Waals surface area contributed by atoms with E-state index >= 15 is 0 Å². The molecule has 0 aromatic rings. The molecule has 0 saturated carbocycles. The average Bonchev–Trinajstić information content (AvgIpc) is 2.33. The Balaban J connectivity index is 2.45. The molecule has 1 saturated heterocycles. The van der Waals surface area contributed by atoms with Crippen LogP contribution < -0.4 is 4.72 Å². The van der Waals surface area contributed by atoms with Crippen LogP contribution in [0.2, 0.25) is 0 Å². The quantitative estimate of drug-likeness (QED) is 0.756. The molecular formula is C12H27N3O2S. The second-order valence-corrected chi connectivity index (χ2v) is 6.53. The number of piperidine rings is 1. The van der Waals surface area contributed by atoms with E-state index in [-0.39, 0.29) is 6.04 Å². The summed E-state index contributed by atoms with van der Waals surface area (Å²) >= 11 is 0. The van der Waals surface area contributed by atoms with Gasteiger partial charge in [-0.1, -0.05) is 20.8 Å². The highest BCUT2D eigenvalue weighted by Gasteiger charge is 2.25. The lowest BCUT2D eigenvalue weighted by atomic mass is 10.1. The lowest BCUT2D eigenvalue weighted by Crippen LogP contribution is -2.49. The summed E-state index contributed by atoms with van der Waals surface area (Å²) in [7, 11) is -3.29. The monoisotopic (exact) mass is 277 g/mol. The van der Waals surface area contributed by atoms with E-state index in [1.807, 2.05) is 13.8 Å². The maximum absolute atomic E-state index is 12.1. The van der Waals surface area contributed by atoms with Gasteiger partial charge in [0, 0.05) is 19.1 Å². The molecule has 0 aliphatic carbocycles. The Morgan fingerprint density at radius 3 is 2.17 bits per heavy atom. The van der Waals surface area contributed by atoms with Crippen LogP contribution in [0.1, 0.15) is 40.0 Å². The molecular weight excluding hydrogens is 250 g/mol. The molecule has 0 spiro atoms. The van der Waals surface area contributed by atoms with Crippen molar-refractivity contribution in [3.8, 4) is 0 Å². The molecule has 1 aliphatic rings. The van der Waals surface area contributed by atoms with Crippen molar-refractivity contribution in [1.29, 1.82) is 0 Å². The van der Waals surface area contributed by atoms with Crippen molar-refractivity contribution in [2.75, 3.05) is 32.7 Å². The van der Waals surface area contributed by atoms with Gasteiger partial charge in [0.05, 0.1) is 0 Å². The van der Waals surface area contributed by atoms with Gasteiger partial charge in [-0.25, -0.2) is 0 Å². The molecule has 1 rings (SSSR count). The van der Waals surface area contributed by atoms with Crippen molar-refractivity contribution in [1.82, 2.24) is 13.9 Å². The first-order chi connectivity index (χ1) is 8.53. The van der Waals surface area contributed by atoms with Gasteiger partial charge in [-0.2, -0.15) is 17.4 Å². The Bertz CT molecular complexity index is 320. The van der Waals surface area contributed by atoms with Crippen LogP contribution in [-0.2, 0) is 10.2 Å². The molecule has 0 aromatic carbocycles. The lowest BCUT2D eigenvalue weighted by Gasteiger charge is -2.33. The molecule has 0 unspecified atom stereocenters. The second-order valence-electron chi connectivity index (χ2n) is 4.82. The molecule has 0 atom stereocenters. The maximum Gasteiger partial charge on any atom is 0.279 e. The van der Waals surface area contributed by atoms with Crippen molar-refractivity contribution in [2.24, 2.45) is 0 Å². The average molecular weight is 277 g/mol. The van der Waals surface area contributed by atoms with Crippen LogP contribution in [0.25, 0.3) is 0 Å². The first-order valence-corrected chi connectivity index (χ1v) is 8.47. The molecule has 0 bridgehead atoms. The lowest BCUT2D eigenvalue weighted by molar-refractivity contribution is 0.206. The van der Waals surface area contributed by atoms with E-state index in [0.29, 0.717) is 13.1 Å². The molecule has 0 aromatic heterocycles. The minimum Gasteiger partial charge on any atom is -0.303 e. The third-order valence-corrected chi connectivity index (χ3v) is 5.32. The fraction of sp³-hybridized carbons (Fsp3) is 1.00. The topological polar surface area (TPSA) is 52.7 Å². The second kappa shape index (κ2) is 7.43. The fourth-order valence-electron chi connectivity index (χ4n) is 2.44. The smallest absolute Gasteiger partial charge is 0.279 e. The predicted octanol–water partition coefficient (Wildman–Crippen LogP) is 1.04. The molecule has 1 N–H and O–H groups in total. The molecule has 0 amide bonds. The maximum atomic E-state index is 12.1. The van der Waals surface area contributed by atoms with Gasteiger partial charge in [-0.05, 0) is 38.9 Å². The van der Waals surface area contributed by atoms with Crippen LogP contribution in [0.3, 0.4) is 0 Å². The fourth-order valence-corrected chi connectivity index (χ4v) is 3.93. The highest BCUT2D eigenvalue weighted by molar-refractivity contribution is 7.87. The Morgan fingerprint density at radius 1 is 1.17 bits per heavy atom. The zero-order chi connectivity index (χ0) is 13.6. The van der Waals surface area contributed by atoms with Crippen LogP contribution in [0.4, 0.5) is 0 Å². The van der Waals surface area contributed by atoms with Gasteiger partial charge in [0.2, 0.25) is 0 Å². The number of hydrogen-bond acceptors (Lipinski definition) is 3. The van der Waals surface area contributed by atoms with Gasteiger partial charge in [0.1, 0.15) is 0 Å². The Morgan fingerprint density at radius 2 is 1.72 bits per heavy atom. The van der Waals surface area contributed by atoms with E-state index in [4.69, 9.17) is 0 Å². The molecule has 6 heteroatoms.